The molecule has 1 fully saturated rings. The third-order valence-corrected chi connectivity index (χ3v) is 8.09. The van der Waals surface area contributed by atoms with Crippen molar-refractivity contribution < 1.29 is 36.4 Å². The maximum absolute atomic E-state index is 12.8. The highest BCUT2D eigenvalue weighted by Gasteiger charge is 2.35. The average molecular weight is 620 g/mol. The Morgan fingerprint density at radius 3 is 2.29 bits per heavy atom. The van der Waals surface area contributed by atoms with Gasteiger partial charge in [-0.05, 0) is 87.9 Å². The third kappa shape index (κ3) is 6.32. The molecule has 0 aliphatic carbocycles. The highest BCUT2D eigenvalue weighted by Crippen LogP contribution is 2.35. The molecule has 2 amide bonds. The van der Waals surface area contributed by atoms with Crippen molar-refractivity contribution in [3.63, 3.8) is 0 Å². The zero-order chi connectivity index (χ0) is 27.3. The van der Waals surface area contributed by atoms with Crippen LogP contribution in [0.2, 0.25) is 0 Å². The van der Waals surface area contributed by atoms with Gasteiger partial charge >= 0.3 is 10.1 Å². The number of hydrogen-bond donors (Lipinski definition) is 0. The van der Waals surface area contributed by atoms with Crippen molar-refractivity contribution in [2.24, 2.45) is 0 Å². The van der Waals surface area contributed by atoms with Crippen LogP contribution in [0.1, 0.15) is 5.56 Å². The quantitative estimate of drug-likeness (QED) is 0.219. The molecular weight excluding hydrogens is 598 g/mol. The molecule has 3 aromatic rings. The number of benzene rings is 3. The highest BCUT2D eigenvalue weighted by atomic mass is 79.9. The van der Waals surface area contributed by atoms with E-state index in [-0.39, 0.29) is 28.7 Å². The molecule has 3 aromatic carbocycles. The van der Waals surface area contributed by atoms with E-state index in [9.17, 15) is 18.0 Å². The van der Waals surface area contributed by atoms with Crippen molar-refractivity contribution >= 4 is 55.0 Å². The van der Waals surface area contributed by atoms with Gasteiger partial charge in [0.05, 0.1) is 30.1 Å². The van der Waals surface area contributed by atoms with Crippen molar-refractivity contribution in [2.75, 3.05) is 27.4 Å². The van der Waals surface area contributed by atoms with Crippen LogP contribution in [0.4, 0.5) is 4.79 Å². The summed E-state index contributed by atoms with van der Waals surface area (Å²) in [5.74, 6) is 1.21. The second-order valence-electron chi connectivity index (χ2n) is 7.74. The number of hydrogen-bond acceptors (Lipinski definition) is 9. The van der Waals surface area contributed by atoms with Gasteiger partial charge in [0.1, 0.15) is 17.3 Å². The molecule has 0 spiro atoms. The molecule has 198 valence electrons. The summed E-state index contributed by atoms with van der Waals surface area (Å²) in [7, 11) is -1.07. The lowest BCUT2D eigenvalue weighted by Crippen LogP contribution is -2.32. The number of amides is 2. The second kappa shape index (κ2) is 11.9. The van der Waals surface area contributed by atoms with Crippen LogP contribution in [0.15, 0.2) is 81.0 Å². The second-order valence-corrected chi connectivity index (χ2v) is 11.1. The molecule has 0 N–H and O–H groups in total. The van der Waals surface area contributed by atoms with Crippen molar-refractivity contribution in [1.82, 2.24) is 4.90 Å². The predicted octanol–water partition coefficient (Wildman–Crippen LogP) is 5.35. The number of thioether (sulfide) groups is 1. The van der Waals surface area contributed by atoms with E-state index in [4.69, 9.17) is 18.4 Å². The molecule has 0 unspecified atom stereocenters. The number of carbonyl (C=O) groups is 2. The molecule has 0 saturated carbocycles. The summed E-state index contributed by atoms with van der Waals surface area (Å²) in [6.45, 7) is 0.172. The molecule has 1 heterocycles. The molecule has 1 saturated heterocycles. The van der Waals surface area contributed by atoms with Gasteiger partial charge < -0.3 is 18.4 Å². The van der Waals surface area contributed by atoms with E-state index in [1.807, 2.05) is 6.07 Å². The maximum Gasteiger partial charge on any atom is 0.339 e. The lowest BCUT2D eigenvalue weighted by atomic mass is 10.2. The number of halogens is 1. The first-order valence-electron chi connectivity index (χ1n) is 11.1. The van der Waals surface area contributed by atoms with Gasteiger partial charge in [0.2, 0.25) is 0 Å². The monoisotopic (exact) mass is 619 g/mol. The molecule has 0 aromatic heterocycles. The van der Waals surface area contributed by atoms with Crippen LogP contribution in [0.3, 0.4) is 0 Å². The Balaban J connectivity index is 1.42. The Kier molecular flexibility index (Phi) is 8.65. The minimum atomic E-state index is -4.08. The van der Waals surface area contributed by atoms with Crippen LogP contribution >= 0.6 is 27.7 Å². The van der Waals surface area contributed by atoms with Gasteiger partial charge in [-0.3, -0.25) is 14.5 Å². The lowest BCUT2D eigenvalue weighted by molar-refractivity contribution is -0.123. The molecule has 9 nitrogen and oxygen atoms in total. The van der Waals surface area contributed by atoms with E-state index in [1.165, 1.54) is 44.6 Å². The van der Waals surface area contributed by atoms with E-state index < -0.39 is 21.3 Å². The van der Waals surface area contributed by atoms with Crippen molar-refractivity contribution in [3.05, 3.63) is 81.7 Å². The summed E-state index contributed by atoms with van der Waals surface area (Å²) < 4.78 is 46.9. The average Bonchev–Trinajstić information content (AvgIpc) is 3.17. The lowest BCUT2D eigenvalue weighted by Gasteiger charge is -2.14. The van der Waals surface area contributed by atoms with Gasteiger partial charge in [0, 0.05) is 0 Å². The van der Waals surface area contributed by atoms with Crippen molar-refractivity contribution in [2.45, 2.75) is 4.90 Å². The van der Waals surface area contributed by atoms with Crippen molar-refractivity contribution in [1.29, 1.82) is 0 Å². The number of rotatable bonds is 10. The van der Waals surface area contributed by atoms with Crippen LogP contribution in [-0.2, 0) is 14.9 Å². The Morgan fingerprint density at radius 2 is 1.63 bits per heavy atom. The van der Waals surface area contributed by atoms with Gasteiger partial charge in [-0.25, -0.2) is 0 Å². The number of methoxy groups -OCH3 is 2. The van der Waals surface area contributed by atoms with Crippen LogP contribution in [0.25, 0.3) is 6.08 Å². The summed E-state index contributed by atoms with van der Waals surface area (Å²) in [4.78, 5) is 26.6. The Hall–Kier alpha value is -3.48. The number of ether oxygens (including phenoxy) is 3. The van der Waals surface area contributed by atoms with Gasteiger partial charge in [-0.2, -0.15) is 8.42 Å². The third-order valence-electron chi connectivity index (χ3n) is 5.32. The number of carbonyl (C=O) groups excluding carboxylic acids is 2. The SMILES string of the molecule is COc1ccc(S(=O)(=O)Oc2ccc(/C=C3\SC(=O)N(CCOc4ccccc4OC)C3=O)cc2Br)cc1. The number of imide groups is 1. The van der Waals surface area contributed by atoms with Crippen LogP contribution in [-0.4, -0.2) is 51.8 Å². The van der Waals surface area contributed by atoms with E-state index in [1.54, 1.807) is 36.4 Å². The molecular formula is C26H22BrNO8S2. The first-order chi connectivity index (χ1) is 18.2. The highest BCUT2D eigenvalue weighted by molar-refractivity contribution is 9.10. The normalized spacial score (nSPS) is 14.6. The van der Waals surface area contributed by atoms with Gasteiger partial charge in [-0.1, -0.05) is 18.2 Å². The topological polar surface area (TPSA) is 108 Å². The van der Waals surface area contributed by atoms with Crippen molar-refractivity contribution in [3.8, 4) is 23.0 Å². The molecule has 0 radical (unpaired) electrons. The van der Waals surface area contributed by atoms with Crippen LogP contribution < -0.4 is 18.4 Å². The Bertz CT molecular complexity index is 1490. The largest absolute Gasteiger partial charge is 0.497 e. The maximum atomic E-state index is 12.8. The number of nitrogens with zero attached hydrogens (tertiary/aromatic N) is 1. The first-order valence-corrected chi connectivity index (χ1v) is 14.1. The van der Waals surface area contributed by atoms with Gasteiger partial charge in [0.15, 0.2) is 17.2 Å². The fourth-order valence-electron chi connectivity index (χ4n) is 3.41. The van der Waals surface area contributed by atoms with Gasteiger partial charge in [0.25, 0.3) is 11.1 Å². The summed E-state index contributed by atoms with van der Waals surface area (Å²) in [5.41, 5.74) is 0.571. The molecule has 1 aliphatic heterocycles. The fraction of sp³-hybridized carbons (Fsp3) is 0.154. The van der Waals surface area contributed by atoms with E-state index in [2.05, 4.69) is 15.9 Å². The molecule has 4 rings (SSSR count). The molecule has 38 heavy (non-hydrogen) atoms. The van der Waals surface area contributed by atoms with Crippen LogP contribution in [0, 0.1) is 0 Å². The standard InChI is InChI=1S/C26H22BrNO8S2/c1-33-18-8-10-19(11-9-18)38(31,32)36-21-12-7-17(15-20(21)27)16-24-25(29)28(26(30)37-24)13-14-35-23-6-4-3-5-22(23)34-2/h3-12,15-16H,13-14H2,1-2H3/b24-16-. The van der Waals surface area contributed by atoms with Crippen LogP contribution in [0.5, 0.6) is 23.0 Å². The molecule has 1 aliphatic rings. The number of para-hydroxylation sites is 2. The van der Waals surface area contributed by atoms with Gasteiger partial charge in [-0.15, -0.1) is 0 Å². The fourth-order valence-corrected chi connectivity index (χ4v) is 5.81. The van der Waals surface area contributed by atoms with E-state index in [0.29, 0.717) is 27.3 Å². The Morgan fingerprint density at radius 1 is 0.921 bits per heavy atom. The Labute approximate surface area is 232 Å². The minimum Gasteiger partial charge on any atom is -0.497 e. The summed E-state index contributed by atoms with van der Waals surface area (Å²) >= 11 is 4.13. The minimum absolute atomic E-state index is 0.0300. The molecule has 12 heteroatoms. The smallest absolute Gasteiger partial charge is 0.339 e. The van der Waals surface area contributed by atoms with E-state index >= 15 is 0 Å². The molecule has 0 atom stereocenters. The summed E-state index contributed by atoms with van der Waals surface area (Å²) in [5, 5.41) is -0.408. The summed E-state index contributed by atoms with van der Waals surface area (Å²) in [6.07, 6.45) is 1.55. The zero-order valence-corrected chi connectivity index (χ0v) is 23.5. The van der Waals surface area contributed by atoms with E-state index in [0.717, 1.165) is 16.7 Å². The predicted molar refractivity (Wildman–Crippen MR) is 146 cm³/mol. The summed E-state index contributed by atoms with van der Waals surface area (Å²) in [6, 6.07) is 17.5. The molecule has 0 bridgehead atoms. The zero-order valence-electron chi connectivity index (χ0n) is 20.3. The first kappa shape index (κ1) is 27.6.